The average molecular weight is 393 g/mol. The van der Waals surface area contributed by atoms with Crippen LogP contribution < -0.4 is 20.1 Å². The molecule has 1 aliphatic rings. The minimum Gasteiger partial charge on any atom is -0.486 e. The Kier molecular flexibility index (Phi) is 6.96. The van der Waals surface area contributed by atoms with Crippen LogP contribution in [0.4, 0.5) is 10.1 Å². The van der Waals surface area contributed by atoms with Crippen molar-refractivity contribution in [2.24, 2.45) is 0 Å². The molecular weight excluding hydrogens is 371 g/mol. The second-order valence-corrected chi connectivity index (χ2v) is 7.25. The molecule has 0 aliphatic carbocycles. The number of anilines is 1. The summed E-state index contributed by atoms with van der Waals surface area (Å²) in [4.78, 5) is 0. The summed E-state index contributed by atoms with van der Waals surface area (Å²) in [5, 5.41) is 6.90. The molecule has 0 spiro atoms. The maximum absolute atomic E-state index is 13.5. The van der Waals surface area contributed by atoms with Crippen LogP contribution in [0.2, 0.25) is 0 Å². The number of nitrogens with one attached hydrogen (secondary N) is 2. The molecule has 0 fully saturated rings. The Labute approximate surface area is 162 Å². The van der Waals surface area contributed by atoms with E-state index in [4.69, 9.17) is 21.7 Å². The fourth-order valence-corrected chi connectivity index (χ4v) is 3.64. The zero-order valence-corrected chi connectivity index (χ0v) is 15.9. The highest BCUT2D eigenvalue weighted by atomic mass is 32.2. The Morgan fingerprint density at radius 3 is 2.77 bits per heavy atom. The van der Waals surface area contributed by atoms with Crippen molar-refractivity contribution in [2.75, 3.05) is 30.8 Å². The van der Waals surface area contributed by atoms with E-state index in [1.54, 1.807) is 17.8 Å². The van der Waals surface area contributed by atoms with Gasteiger partial charge in [-0.1, -0.05) is 18.2 Å². The zero-order valence-electron chi connectivity index (χ0n) is 14.3. The lowest BCUT2D eigenvalue weighted by Gasteiger charge is -2.19. The summed E-state index contributed by atoms with van der Waals surface area (Å²) in [7, 11) is 0. The fraction of sp³-hybridized carbons (Fsp3) is 0.316. The van der Waals surface area contributed by atoms with E-state index < -0.39 is 0 Å². The monoisotopic (exact) mass is 392 g/mol. The number of rotatable bonds is 7. The average Bonchev–Trinajstić information content (AvgIpc) is 2.66. The first-order valence-electron chi connectivity index (χ1n) is 8.48. The van der Waals surface area contributed by atoms with Crippen molar-refractivity contribution in [3.05, 3.63) is 53.8 Å². The molecule has 4 nitrogen and oxygen atoms in total. The molecule has 2 aromatic carbocycles. The fourth-order valence-electron chi connectivity index (χ4n) is 2.47. The summed E-state index contributed by atoms with van der Waals surface area (Å²) < 4.78 is 24.6. The van der Waals surface area contributed by atoms with Crippen molar-refractivity contribution in [3.8, 4) is 11.5 Å². The number of halogens is 1. The van der Waals surface area contributed by atoms with Gasteiger partial charge in [0.2, 0.25) is 0 Å². The van der Waals surface area contributed by atoms with Crippen LogP contribution in [0.3, 0.4) is 0 Å². The van der Waals surface area contributed by atoms with E-state index >= 15 is 0 Å². The standard InChI is InChI=1S/C19H21FN2O2S2/c20-16-5-2-1-4-14(16)13-26-11-3-8-21-19(25)22-15-6-7-17-18(12-15)24-10-9-23-17/h1-2,4-7,12H,3,8-11,13H2,(H2,21,22,25). The highest BCUT2D eigenvalue weighted by molar-refractivity contribution is 7.98. The molecule has 0 bridgehead atoms. The van der Waals surface area contributed by atoms with Crippen LogP contribution in [0, 0.1) is 5.82 Å². The molecule has 0 saturated heterocycles. The van der Waals surface area contributed by atoms with Crippen LogP contribution in [-0.4, -0.2) is 30.6 Å². The number of hydrogen-bond acceptors (Lipinski definition) is 4. The van der Waals surface area contributed by atoms with Gasteiger partial charge in [-0.15, -0.1) is 0 Å². The summed E-state index contributed by atoms with van der Waals surface area (Å²) in [6.07, 6.45) is 0.947. The smallest absolute Gasteiger partial charge is 0.170 e. The molecule has 26 heavy (non-hydrogen) atoms. The van der Waals surface area contributed by atoms with Crippen LogP contribution >= 0.6 is 24.0 Å². The van der Waals surface area contributed by atoms with Gasteiger partial charge in [0.25, 0.3) is 0 Å². The SMILES string of the molecule is Fc1ccccc1CSCCCNC(=S)Nc1ccc2c(c1)OCCO2. The van der Waals surface area contributed by atoms with Gasteiger partial charge in [-0.2, -0.15) is 11.8 Å². The zero-order chi connectivity index (χ0) is 18.2. The van der Waals surface area contributed by atoms with E-state index in [1.807, 2.05) is 30.3 Å². The number of benzene rings is 2. The second-order valence-electron chi connectivity index (χ2n) is 5.74. The highest BCUT2D eigenvalue weighted by Crippen LogP contribution is 2.32. The summed E-state index contributed by atoms with van der Waals surface area (Å²) >= 11 is 7.03. The third-order valence-electron chi connectivity index (χ3n) is 3.77. The Balaban J connectivity index is 1.32. The first-order chi connectivity index (χ1) is 12.7. The number of thioether (sulfide) groups is 1. The summed E-state index contributed by atoms with van der Waals surface area (Å²) in [6.45, 7) is 1.90. The van der Waals surface area contributed by atoms with Crippen molar-refractivity contribution >= 4 is 34.8 Å². The number of thiocarbonyl (C=S) groups is 1. The largest absolute Gasteiger partial charge is 0.486 e. The van der Waals surface area contributed by atoms with Crippen LogP contribution in [0.5, 0.6) is 11.5 Å². The van der Waals surface area contributed by atoms with E-state index in [0.29, 0.717) is 24.1 Å². The molecule has 2 aromatic rings. The number of fused-ring (bicyclic) bond motifs is 1. The number of hydrogen-bond donors (Lipinski definition) is 2. The third kappa shape index (κ3) is 5.51. The van der Waals surface area contributed by atoms with E-state index in [2.05, 4.69) is 10.6 Å². The van der Waals surface area contributed by atoms with Gasteiger partial charge in [0.05, 0.1) is 0 Å². The maximum atomic E-state index is 13.5. The molecule has 0 atom stereocenters. The van der Waals surface area contributed by atoms with Gasteiger partial charge in [0.1, 0.15) is 19.0 Å². The van der Waals surface area contributed by atoms with Crippen molar-refractivity contribution < 1.29 is 13.9 Å². The van der Waals surface area contributed by atoms with Crippen LogP contribution in [0.25, 0.3) is 0 Å². The summed E-state index contributed by atoms with van der Waals surface area (Å²) in [5.74, 6) is 2.98. The molecule has 2 N–H and O–H groups in total. The molecule has 0 amide bonds. The van der Waals surface area contributed by atoms with E-state index in [9.17, 15) is 4.39 Å². The Morgan fingerprint density at radius 2 is 1.92 bits per heavy atom. The van der Waals surface area contributed by atoms with Crippen molar-refractivity contribution in [2.45, 2.75) is 12.2 Å². The molecule has 138 valence electrons. The van der Waals surface area contributed by atoms with Gasteiger partial charge in [-0.3, -0.25) is 0 Å². The molecule has 0 radical (unpaired) electrons. The van der Waals surface area contributed by atoms with Crippen LogP contribution in [-0.2, 0) is 5.75 Å². The molecule has 1 heterocycles. The van der Waals surface area contributed by atoms with E-state index in [-0.39, 0.29) is 5.82 Å². The molecule has 0 saturated carbocycles. The molecule has 0 aromatic heterocycles. The third-order valence-corrected chi connectivity index (χ3v) is 5.11. The predicted molar refractivity (Wildman–Crippen MR) is 109 cm³/mol. The van der Waals surface area contributed by atoms with Crippen LogP contribution in [0.15, 0.2) is 42.5 Å². The van der Waals surface area contributed by atoms with Gasteiger partial charge in [-0.05, 0) is 48.2 Å². The summed E-state index contributed by atoms with van der Waals surface area (Å²) in [5.41, 5.74) is 1.61. The molecule has 7 heteroatoms. The molecule has 3 rings (SSSR count). The topological polar surface area (TPSA) is 42.5 Å². The molecule has 1 aliphatic heterocycles. The minimum absolute atomic E-state index is 0.136. The Bertz CT molecular complexity index is 758. The maximum Gasteiger partial charge on any atom is 0.170 e. The normalized spacial score (nSPS) is 12.5. The molecular formula is C19H21FN2O2S2. The van der Waals surface area contributed by atoms with Gasteiger partial charge < -0.3 is 20.1 Å². The van der Waals surface area contributed by atoms with E-state index in [1.165, 1.54) is 6.07 Å². The van der Waals surface area contributed by atoms with Crippen LogP contribution in [0.1, 0.15) is 12.0 Å². The lowest BCUT2D eigenvalue weighted by molar-refractivity contribution is 0.171. The highest BCUT2D eigenvalue weighted by Gasteiger charge is 2.11. The first kappa shape index (κ1) is 18.8. The Hall–Kier alpha value is -1.99. The van der Waals surface area contributed by atoms with Gasteiger partial charge >= 0.3 is 0 Å². The van der Waals surface area contributed by atoms with Crippen molar-refractivity contribution in [1.29, 1.82) is 0 Å². The summed E-state index contributed by atoms with van der Waals surface area (Å²) in [6, 6.07) is 12.6. The second kappa shape index (κ2) is 9.64. The van der Waals surface area contributed by atoms with Crippen molar-refractivity contribution in [1.82, 2.24) is 5.32 Å². The Morgan fingerprint density at radius 1 is 1.12 bits per heavy atom. The van der Waals surface area contributed by atoms with Gasteiger partial charge in [-0.25, -0.2) is 4.39 Å². The minimum atomic E-state index is -0.136. The predicted octanol–water partition coefficient (Wildman–Crippen LogP) is 4.21. The lowest BCUT2D eigenvalue weighted by atomic mass is 10.2. The van der Waals surface area contributed by atoms with Gasteiger partial charge in [0.15, 0.2) is 16.6 Å². The first-order valence-corrected chi connectivity index (χ1v) is 10.0. The van der Waals surface area contributed by atoms with Crippen molar-refractivity contribution in [3.63, 3.8) is 0 Å². The lowest BCUT2D eigenvalue weighted by Crippen LogP contribution is -2.29. The quantitative estimate of drug-likeness (QED) is 0.544. The van der Waals surface area contributed by atoms with Gasteiger partial charge in [0, 0.05) is 24.1 Å². The number of ether oxygens (including phenoxy) is 2. The van der Waals surface area contributed by atoms with E-state index in [0.717, 1.165) is 41.5 Å². The molecule has 0 unspecified atom stereocenters.